The third kappa shape index (κ3) is 3.35. The second-order valence-electron chi connectivity index (χ2n) is 6.43. The van der Waals surface area contributed by atoms with E-state index in [9.17, 15) is 14.7 Å². The number of hydrogen-bond donors (Lipinski definition) is 1. The third-order valence-electron chi connectivity index (χ3n) is 4.46. The van der Waals surface area contributed by atoms with Gasteiger partial charge in [0, 0.05) is 24.8 Å². The molecular weight excluding hydrogens is 379 g/mol. The van der Waals surface area contributed by atoms with E-state index in [4.69, 9.17) is 27.9 Å². The van der Waals surface area contributed by atoms with Gasteiger partial charge in [-0.25, -0.2) is 4.79 Å². The zero-order valence-electron chi connectivity index (χ0n) is 14.6. The van der Waals surface area contributed by atoms with Crippen LogP contribution in [0.15, 0.2) is 17.1 Å². The van der Waals surface area contributed by atoms with Gasteiger partial charge in [0.25, 0.3) is 0 Å². The first-order valence-corrected chi connectivity index (χ1v) is 9.28. The standard InChI is InChI=1S/C18H20Cl2N2O4/c1-3-4-7-26-16-11-8-13(19)14(20)15(23)12(11)9-22(10-5-6-10)17(16)21(2)18(24)25/h8-10H,3-7H2,1-2H3,(H,24,25). The highest BCUT2D eigenvalue weighted by molar-refractivity contribution is 6.42. The lowest BCUT2D eigenvalue weighted by Crippen LogP contribution is -2.29. The van der Waals surface area contributed by atoms with E-state index in [0.29, 0.717) is 29.3 Å². The lowest BCUT2D eigenvalue weighted by molar-refractivity contribution is 0.202. The van der Waals surface area contributed by atoms with E-state index in [-0.39, 0.29) is 21.5 Å². The first-order valence-electron chi connectivity index (χ1n) is 8.53. The fraction of sp³-hybridized carbons (Fsp3) is 0.444. The van der Waals surface area contributed by atoms with Gasteiger partial charge in [0.2, 0.25) is 5.43 Å². The molecule has 0 aromatic heterocycles. The van der Waals surface area contributed by atoms with Gasteiger partial charge in [-0.05, 0) is 25.3 Å². The minimum absolute atomic E-state index is 0.0413. The summed E-state index contributed by atoms with van der Waals surface area (Å²) in [5, 5.41) is 9.61. The number of rotatable bonds is 6. The summed E-state index contributed by atoms with van der Waals surface area (Å²) in [6, 6.07) is 1.71. The molecule has 8 heteroatoms. The minimum atomic E-state index is -1.11. The number of carbonyl (C=O) groups is 1. The quantitative estimate of drug-likeness (QED) is 0.703. The van der Waals surface area contributed by atoms with Gasteiger partial charge < -0.3 is 14.4 Å². The van der Waals surface area contributed by atoms with Gasteiger partial charge in [-0.2, -0.15) is 0 Å². The maximum atomic E-state index is 12.6. The van der Waals surface area contributed by atoms with E-state index in [1.165, 1.54) is 7.05 Å². The van der Waals surface area contributed by atoms with Crippen LogP contribution in [0.2, 0.25) is 10.0 Å². The Morgan fingerprint density at radius 3 is 2.65 bits per heavy atom. The van der Waals surface area contributed by atoms with E-state index in [0.717, 1.165) is 30.6 Å². The Balaban J connectivity index is 2.32. The van der Waals surface area contributed by atoms with E-state index in [1.54, 1.807) is 12.3 Å². The molecule has 1 aliphatic heterocycles. The van der Waals surface area contributed by atoms with Crippen LogP contribution < -0.4 is 15.1 Å². The summed E-state index contributed by atoms with van der Waals surface area (Å²) in [7, 11) is 1.46. The fourth-order valence-corrected chi connectivity index (χ4v) is 3.23. The van der Waals surface area contributed by atoms with Crippen LogP contribution in [0.1, 0.15) is 38.6 Å². The molecule has 1 saturated carbocycles. The van der Waals surface area contributed by atoms with E-state index in [2.05, 4.69) is 0 Å². The Morgan fingerprint density at radius 2 is 2.08 bits per heavy atom. The molecule has 0 radical (unpaired) electrons. The molecule has 0 aromatic rings. The SMILES string of the molecule is CCCCOc1c2cc(Cl)c(Cl)c(=O)c-2cn(C2CC2)c1N(C)C(=O)O. The molecule has 0 spiro atoms. The molecule has 1 amide bonds. The summed E-state index contributed by atoms with van der Waals surface area (Å²) in [5.41, 5.74) is 0.467. The molecule has 26 heavy (non-hydrogen) atoms. The molecule has 0 bridgehead atoms. The number of carboxylic acid groups (broad SMARTS) is 1. The van der Waals surface area contributed by atoms with Crippen LogP contribution in [0.3, 0.4) is 0 Å². The normalized spacial score (nSPS) is 13.8. The number of fused-ring (bicyclic) bond motifs is 1. The molecule has 1 fully saturated rings. The second-order valence-corrected chi connectivity index (χ2v) is 7.21. The fourth-order valence-electron chi connectivity index (χ4n) is 2.88. The van der Waals surface area contributed by atoms with Crippen molar-refractivity contribution in [1.29, 1.82) is 0 Å². The molecule has 0 aromatic carbocycles. The van der Waals surface area contributed by atoms with Crippen molar-refractivity contribution in [2.75, 3.05) is 18.6 Å². The highest BCUT2D eigenvalue weighted by Crippen LogP contribution is 2.47. The number of hydrogen-bond acceptors (Lipinski definition) is 3. The van der Waals surface area contributed by atoms with Gasteiger partial charge >= 0.3 is 6.09 Å². The number of halogens is 2. The summed E-state index contributed by atoms with van der Waals surface area (Å²) >= 11 is 12.1. The number of unbranched alkanes of at least 4 members (excludes halogenated alkanes) is 1. The molecule has 2 aliphatic carbocycles. The molecular formula is C18H20Cl2N2O4. The van der Waals surface area contributed by atoms with E-state index < -0.39 is 6.09 Å². The van der Waals surface area contributed by atoms with Crippen molar-refractivity contribution in [3.8, 4) is 16.9 Å². The number of ether oxygens (including phenoxy) is 1. The largest absolute Gasteiger partial charge is 0.489 e. The topological polar surface area (TPSA) is 71.8 Å². The van der Waals surface area contributed by atoms with Crippen molar-refractivity contribution in [3.05, 3.63) is 32.5 Å². The van der Waals surface area contributed by atoms with Gasteiger partial charge in [0.15, 0.2) is 11.6 Å². The number of aromatic nitrogens is 1. The monoisotopic (exact) mass is 398 g/mol. The van der Waals surface area contributed by atoms with Crippen LogP contribution in [0.25, 0.3) is 11.1 Å². The van der Waals surface area contributed by atoms with Gasteiger partial charge in [-0.3, -0.25) is 9.69 Å². The van der Waals surface area contributed by atoms with Gasteiger partial charge in [-0.15, -0.1) is 0 Å². The van der Waals surface area contributed by atoms with Crippen LogP contribution in [0.4, 0.5) is 10.6 Å². The van der Waals surface area contributed by atoms with Crippen molar-refractivity contribution < 1.29 is 14.6 Å². The van der Waals surface area contributed by atoms with Crippen LogP contribution in [0, 0.1) is 0 Å². The Labute approximate surface area is 161 Å². The molecule has 0 saturated heterocycles. The zero-order chi connectivity index (χ0) is 19.0. The molecule has 0 atom stereocenters. The summed E-state index contributed by atoms with van der Waals surface area (Å²) in [4.78, 5) is 25.4. The Hall–Kier alpha value is -1.92. The average Bonchev–Trinajstić information content (AvgIpc) is 3.44. The maximum Gasteiger partial charge on any atom is 0.412 e. The molecule has 140 valence electrons. The van der Waals surface area contributed by atoms with Gasteiger partial charge in [0.1, 0.15) is 5.02 Å². The number of nitrogens with zero attached hydrogens (tertiary/aromatic N) is 2. The predicted octanol–water partition coefficient (Wildman–Crippen LogP) is 4.89. The smallest absolute Gasteiger partial charge is 0.412 e. The highest BCUT2D eigenvalue weighted by atomic mass is 35.5. The second kappa shape index (κ2) is 7.37. The molecule has 1 heterocycles. The minimum Gasteiger partial charge on any atom is -0.489 e. The van der Waals surface area contributed by atoms with Crippen molar-refractivity contribution in [2.24, 2.45) is 0 Å². The van der Waals surface area contributed by atoms with Crippen LogP contribution in [-0.2, 0) is 0 Å². The third-order valence-corrected chi connectivity index (χ3v) is 5.23. The van der Waals surface area contributed by atoms with E-state index in [1.807, 2.05) is 11.5 Å². The molecule has 3 rings (SSSR count). The van der Waals surface area contributed by atoms with Crippen LogP contribution >= 0.6 is 23.2 Å². The Bertz CT molecular complexity index is 877. The van der Waals surface area contributed by atoms with Crippen LogP contribution in [0.5, 0.6) is 5.75 Å². The Kier molecular flexibility index (Phi) is 5.34. The van der Waals surface area contributed by atoms with Crippen molar-refractivity contribution in [3.63, 3.8) is 0 Å². The molecule has 1 N–H and O–H groups in total. The number of anilines is 1. The van der Waals surface area contributed by atoms with Crippen molar-refractivity contribution >= 4 is 35.1 Å². The summed E-state index contributed by atoms with van der Waals surface area (Å²) in [6.45, 7) is 2.45. The predicted molar refractivity (Wildman–Crippen MR) is 102 cm³/mol. The molecule has 6 nitrogen and oxygen atoms in total. The molecule has 0 unspecified atom stereocenters. The lowest BCUT2D eigenvalue weighted by atomic mass is 10.0. The Morgan fingerprint density at radius 1 is 1.38 bits per heavy atom. The number of pyridine rings is 1. The van der Waals surface area contributed by atoms with Crippen molar-refractivity contribution in [2.45, 2.75) is 38.6 Å². The zero-order valence-corrected chi connectivity index (χ0v) is 16.1. The van der Waals surface area contributed by atoms with Crippen LogP contribution in [-0.4, -0.2) is 29.4 Å². The summed E-state index contributed by atoms with van der Waals surface area (Å²) < 4.78 is 7.77. The maximum absolute atomic E-state index is 12.6. The lowest BCUT2D eigenvalue weighted by Gasteiger charge is -2.27. The first kappa shape index (κ1) is 18.9. The number of amides is 1. The van der Waals surface area contributed by atoms with E-state index >= 15 is 0 Å². The number of benzene rings is 1. The van der Waals surface area contributed by atoms with Gasteiger partial charge in [0.05, 0.1) is 17.2 Å². The van der Waals surface area contributed by atoms with Crippen molar-refractivity contribution in [1.82, 2.24) is 4.57 Å². The van der Waals surface area contributed by atoms with Gasteiger partial charge in [-0.1, -0.05) is 36.5 Å². The summed E-state index contributed by atoms with van der Waals surface area (Å²) in [6.07, 6.45) is 4.12. The average molecular weight is 399 g/mol. The highest BCUT2D eigenvalue weighted by Gasteiger charge is 2.33. The molecule has 3 aliphatic rings. The first-order chi connectivity index (χ1) is 12.4. The summed E-state index contributed by atoms with van der Waals surface area (Å²) in [5.74, 6) is 0.754.